The van der Waals surface area contributed by atoms with Crippen LogP contribution in [0.2, 0.25) is 0 Å². The molecule has 2 aromatic carbocycles. The monoisotopic (exact) mass is 422 g/mol. The van der Waals surface area contributed by atoms with E-state index in [0.29, 0.717) is 23.6 Å². The summed E-state index contributed by atoms with van der Waals surface area (Å²) in [7, 11) is 1.58. The summed E-state index contributed by atoms with van der Waals surface area (Å²) in [4.78, 5) is 4.21. The minimum atomic E-state index is -0.293. The van der Waals surface area contributed by atoms with Crippen LogP contribution in [-0.4, -0.2) is 12.1 Å². The molecule has 1 heterocycles. The highest BCUT2D eigenvalue weighted by Gasteiger charge is 2.16. The van der Waals surface area contributed by atoms with Crippen molar-refractivity contribution < 1.29 is 13.9 Å². The van der Waals surface area contributed by atoms with Crippen molar-refractivity contribution in [2.75, 3.05) is 12.4 Å². The summed E-state index contributed by atoms with van der Waals surface area (Å²) in [6.45, 7) is 0.613. The topological polar surface area (TPSA) is 43.4 Å². The number of halogens is 2. The van der Waals surface area contributed by atoms with Gasteiger partial charge in [-0.15, -0.1) is 11.3 Å². The lowest BCUT2D eigenvalue weighted by atomic mass is 10.1. The number of methoxy groups -OCH3 is 1. The van der Waals surface area contributed by atoms with E-state index in [1.54, 1.807) is 31.5 Å². The third kappa shape index (κ3) is 4.29. The molecule has 4 nitrogen and oxygen atoms in total. The van der Waals surface area contributed by atoms with E-state index in [2.05, 4.69) is 26.2 Å². The third-order valence-corrected chi connectivity index (χ3v) is 5.04. The van der Waals surface area contributed by atoms with Gasteiger partial charge in [-0.1, -0.05) is 34.1 Å². The number of ether oxygens (including phenoxy) is 2. The van der Waals surface area contributed by atoms with E-state index in [1.165, 1.54) is 17.4 Å². The van der Waals surface area contributed by atoms with E-state index < -0.39 is 0 Å². The van der Waals surface area contributed by atoms with Crippen LogP contribution < -0.4 is 14.8 Å². The van der Waals surface area contributed by atoms with Crippen molar-refractivity contribution in [3.05, 3.63) is 69.4 Å². The Hall–Kier alpha value is -2.12. The molecule has 0 saturated heterocycles. The second kappa shape index (κ2) is 8.31. The highest BCUT2D eigenvalue weighted by Crippen LogP contribution is 2.37. The molecule has 0 aliphatic heterocycles. The summed E-state index contributed by atoms with van der Waals surface area (Å²) in [5, 5.41) is 5.97. The molecule has 0 aliphatic carbocycles. The van der Waals surface area contributed by atoms with Crippen LogP contribution in [-0.2, 0) is 13.2 Å². The lowest BCUT2D eigenvalue weighted by Crippen LogP contribution is -2.06. The van der Waals surface area contributed by atoms with Crippen molar-refractivity contribution in [2.24, 2.45) is 0 Å². The van der Waals surface area contributed by atoms with E-state index in [-0.39, 0.29) is 12.4 Å². The molecule has 0 saturated carbocycles. The molecule has 0 unspecified atom stereocenters. The Kier molecular flexibility index (Phi) is 5.88. The lowest BCUT2D eigenvalue weighted by Gasteiger charge is -2.17. The van der Waals surface area contributed by atoms with Crippen molar-refractivity contribution in [1.82, 2.24) is 4.98 Å². The molecule has 25 heavy (non-hydrogen) atoms. The number of benzene rings is 2. The number of hydrogen-bond acceptors (Lipinski definition) is 5. The number of aromatic nitrogens is 1. The maximum atomic E-state index is 13.8. The Balaban J connectivity index is 1.84. The van der Waals surface area contributed by atoms with E-state index in [0.717, 1.165) is 15.2 Å². The van der Waals surface area contributed by atoms with E-state index in [4.69, 9.17) is 9.47 Å². The van der Waals surface area contributed by atoms with Crippen molar-refractivity contribution in [1.29, 1.82) is 0 Å². The predicted molar refractivity (Wildman–Crippen MR) is 101 cm³/mol. The first kappa shape index (κ1) is 17.7. The van der Waals surface area contributed by atoms with Gasteiger partial charge in [0, 0.05) is 33.7 Å². The molecule has 1 N–H and O–H groups in total. The molecule has 3 rings (SSSR count). The number of rotatable bonds is 7. The van der Waals surface area contributed by atoms with E-state index in [9.17, 15) is 4.39 Å². The summed E-state index contributed by atoms with van der Waals surface area (Å²) in [5.41, 5.74) is 1.37. The standard InChI is InChI=1S/C18H16BrFN2O2S/c1-23-16-7-6-14(19)13(10-22-18-21-8-9-25-18)17(16)24-11-12-4-2-3-5-15(12)20/h2-9H,10-11H2,1H3,(H,21,22). The van der Waals surface area contributed by atoms with Crippen LogP contribution in [0.15, 0.2) is 52.4 Å². The van der Waals surface area contributed by atoms with Crippen molar-refractivity contribution in [3.63, 3.8) is 0 Å². The zero-order valence-corrected chi connectivity index (χ0v) is 15.9. The summed E-state index contributed by atoms with van der Waals surface area (Å²) in [6, 6.07) is 10.3. The first-order valence-electron chi connectivity index (χ1n) is 7.54. The molecule has 0 aliphatic rings. The maximum Gasteiger partial charge on any atom is 0.182 e. The first-order valence-corrected chi connectivity index (χ1v) is 9.21. The van der Waals surface area contributed by atoms with Gasteiger partial charge in [-0.3, -0.25) is 0 Å². The molecule has 7 heteroatoms. The Labute approximate surface area is 157 Å². The quantitative estimate of drug-likeness (QED) is 0.564. The Morgan fingerprint density at radius 2 is 2.08 bits per heavy atom. The van der Waals surface area contributed by atoms with Gasteiger partial charge in [-0.05, 0) is 18.2 Å². The van der Waals surface area contributed by atoms with Crippen LogP contribution in [0.1, 0.15) is 11.1 Å². The minimum absolute atomic E-state index is 0.115. The molecule has 3 aromatic rings. The molecular weight excluding hydrogens is 407 g/mol. The average molecular weight is 423 g/mol. The molecule has 0 atom stereocenters. The largest absolute Gasteiger partial charge is 0.493 e. The summed E-state index contributed by atoms with van der Waals surface area (Å²) in [6.07, 6.45) is 1.74. The average Bonchev–Trinajstić information content (AvgIpc) is 3.14. The highest BCUT2D eigenvalue weighted by atomic mass is 79.9. The van der Waals surface area contributed by atoms with Gasteiger partial charge in [0.15, 0.2) is 16.6 Å². The SMILES string of the molecule is COc1ccc(Br)c(CNc2nccs2)c1OCc1ccccc1F. The minimum Gasteiger partial charge on any atom is -0.493 e. The summed E-state index contributed by atoms with van der Waals surface area (Å²) >= 11 is 5.07. The fourth-order valence-corrected chi connectivity index (χ4v) is 3.29. The molecule has 0 amide bonds. The smallest absolute Gasteiger partial charge is 0.182 e. The van der Waals surface area contributed by atoms with E-state index in [1.807, 2.05) is 17.5 Å². The van der Waals surface area contributed by atoms with Gasteiger partial charge in [-0.2, -0.15) is 0 Å². The van der Waals surface area contributed by atoms with Gasteiger partial charge < -0.3 is 14.8 Å². The molecule has 0 radical (unpaired) electrons. The van der Waals surface area contributed by atoms with Crippen LogP contribution in [0, 0.1) is 5.82 Å². The van der Waals surface area contributed by atoms with Crippen LogP contribution in [0.4, 0.5) is 9.52 Å². The molecule has 0 fully saturated rings. The Bertz CT molecular complexity index is 843. The zero-order chi connectivity index (χ0) is 17.6. The van der Waals surface area contributed by atoms with Gasteiger partial charge in [-0.25, -0.2) is 9.37 Å². The van der Waals surface area contributed by atoms with Gasteiger partial charge in [0.2, 0.25) is 0 Å². The van der Waals surface area contributed by atoms with Gasteiger partial charge in [0.25, 0.3) is 0 Å². The number of nitrogens with one attached hydrogen (secondary N) is 1. The number of hydrogen-bond donors (Lipinski definition) is 1. The second-order valence-corrected chi connectivity index (χ2v) is 6.88. The fraction of sp³-hybridized carbons (Fsp3) is 0.167. The highest BCUT2D eigenvalue weighted by molar-refractivity contribution is 9.10. The molecule has 0 bridgehead atoms. The summed E-state index contributed by atoms with van der Waals surface area (Å²) in [5.74, 6) is 0.874. The molecule has 0 spiro atoms. The fourth-order valence-electron chi connectivity index (χ4n) is 2.31. The Morgan fingerprint density at radius 3 is 2.80 bits per heavy atom. The second-order valence-electron chi connectivity index (χ2n) is 5.13. The van der Waals surface area contributed by atoms with Gasteiger partial charge >= 0.3 is 0 Å². The third-order valence-electron chi connectivity index (χ3n) is 3.57. The van der Waals surface area contributed by atoms with Crippen molar-refractivity contribution in [2.45, 2.75) is 13.2 Å². The maximum absolute atomic E-state index is 13.8. The molecular formula is C18H16BrFN2O2S. The normalized spacial score (nSPS) is 10.5. The van der Waals surface area contributed by atoms with Gasteiger partial charge in [0.1, 0.15) is 12.4 Å². The van der Waals surface area contributed by atoms with Crippen LogP contribution in [0.3, 0.4) is 0 Å². The molecule has 1 aromatic heterocycles. The van der Waals surface area contributed by atoms with Crippen molar-refractivity contribution >= 4 is 32.4 Å². The lowest BCUT2D eigenvalue weighted by molar-refractivity contribution is 0.276. The number of thiazole rings is 1. The van der Waals surface area contributed by atoms with Crippen LogP contribution in [0.25, 0.3) is 0 Å². The number of anilines is 1. The summed E-state index contributed by atoms with van der Waals surface area (Å²) < 4.78 is 26.1. The zero-order valence-electron chi connectivity index (χ0n) is 13.5. The first-order chi connectivity index (χ1) is 12.2. The van der Waals surface area contributed by atoms with Crippen molar-refractivity contribution in [3.8, 4) is 11.5 Å². The molecule has 130 valence electrons. The number of nitrogens with zero attached hydrogens (tertiary/aromatic N) is 1. The van der Waals surface area contributed by atoms with E-state index >= 15 is 0 Å². The predicted octanol–water partition coefficient (Wildman–Crippen LogP) is 5.24. The van der Waals surface area contributed by atoms with Gasteiger partial charge in [0.05, 0.1) is 7.11 Å². The Morgan fingerprint density at radius 1 is 1.24 bits per heavy atom. The van der Waals surface area contributed by atoms with Crippen LogP contribution in [0.5, 0.6) is 11.5 Å². The van der Waals surface area contributed by atoms with Crippen LogP contribution >= 0.6 is 27.3 Å².